The van der Waals surface area contributed by atoms with E-state index in [1.165, 1.54) is 7.11 Å². The Kier molecular flexibility index (Phi) is 9.03. The van der Waals surface area contributed by atoms with Gasteiger partial charge in [0.15, 0.2) is 0 Å². The Bertz CT molecular complexity index is 770. The summed E-state index contributed by atoms with van der Waals surface area (Å²) >= 11 is 0. The van der Waals surface area contributed by atoms with Crippen LogP contribution in [0.1, 0.15) is 58.4 Å². The molecule has 9 nitrogen and oxygen atoms in total. The zero-order valence-corrected chi connectivity index (χ0v) is 19.3. The highest BCUT2D eigenvalue weighted by molar-refractivity contribution is 5.90. The summed E-state index contributed by atoms with van der Waals surface area (Å²) in [6.45, 7) is 4.55. The second-order valence-corrected chi connectivity index (χ2v) is 8.93. The van der Waals surface area contributed by atoms with E-state index in [-0.39, 0.29) is 6.61 Å². The molecule has 0 spiro atoms. The molecule has 9 heteroatoms. The van der Waals surface area contributed by atoms with Crippen LogP contribution in [-0.2, 0) is 30.5 Å². The molecule has 178 valence electrons. The number of nitrogens with one attached hydrogen (secondary N) is 1. The van der Waals surface area contributed by atoms with Crippen molar-refractivity contribution in [1.29, 1.82) is 0 Å². The van der Waals surface area contributed by atoms with Gasteiger partial charge in [-0.2, -0.15) is 0 Å². The Hall–Kier alpha value is -2.65. The lowest BCUT2D eigenvalue weighted by Crippen LogP contribution is -2.63. The third-order valence-electron chi connectivity index (χ3n) is 5.44. The number of aliphatic hydroxyl groups is 1. The van der Waals surface area contributed by atoms with Crippen LogP contribution in [0.15, 0.2) is 30.3 Å². The Morgan fingerprint density at radius 1 is 1.12 bits per heavy atom. The van der Waals surface area contributed by atoms with Gasteiger partial charge in [-0.25, -0.2) is 9.59 Å². The minimum atomic E-state index is -1.25. The van der Waals surface area contributed by atoms with Gasteiger partial charge in [-0.3, -0.25) is 4.79 Å². The van der Waals surface area contributed by atoms with E-state index in [0.29, 0.717) is 12.8 Å². The van der Waals surface area contributed by atoms with Crippen molar-refractivity contribution in [3.63, 3.8) is 0 Å². The largest absolute Gasteiger partial charge is 0.528 e. The third kappa shape index (κ3) is 6.67. The smallest absolute Gasteiger partial charge is 0.467 e. The van der Waals surface area contributed by atoms with Crippen molar-refractivity contribution in [3.05, 3.63) is 35.9 Å². The van der Waals surface area contributed by atoms with Gasteiger partial charge in [0.25, 0.3) is 0 Å². The fourth-order valence-corrected chi connectivity index (χ4v) is 3.80. The Morgan fingerprint density at radius 2 is 1.75 bits per heavy atom. The molecule has 0 aliphatic heterocycles. The number of nitrogens with zero attached hydrogens (tertiary/aromatic N) is 1. The number of rotatable bonds is 8. The van der Waals surface area contributed by atoms with Crippen LogP contribution in [0.25, 0.3) is 0 Å². The van der Waals surface area contributed by atoms with Crippen LogP contribution >= 0.6 is 0 Å². The van der Waals surface area contributed by atoms with Crippen molar-refractivity contribution in [1.82, 2.24) is 10.4 Å². The SMILES string of the molecule is COC(=O)C1(NC(=O)[C@@H](CO)N(OC(=O)OCc2ccccc2)C(C)(C)C)CCCCC1. The van der Waals surface area contributed by atoms with Crippen molar-refractivity contribution < 1.29 is 33.8 Å². The lowest BCUT2D eigenvalue weighted by molar-refractivity contribution is -0.212. The number of carbonyl (C=O) groups excluding carboxylic acids is 3. The fourth-order valence-electron chi connectivity index (χ4n) is 3.80. The third-order valence-corrected chi connectivity index (χ3v) is 5.44. The number of ether oxygens (including phenoxy) is 2. The lowest BCUT2D eigenvalue weighted by Gasteiger charge is -2.40. The van der Waals surface area contributed by atoms with Gasteiger partial charge in [0.05, 0.1) is 13.7 Å². The highest BCUT2D eigenvalue weighted by Crippen LogP contribution is 2.30. The van der Waals surface area contributed by atoms with Gasteiger partial charge in [0.1, 0.15) is 18.2 Å². The van der Waals surface area contributed by atoms with Crippen LogP contribution in [0, 0.1) is 0 Å². The van der Waals surface area contributed by atoms with Gasteiger partial charge in [-0.05, 0) is 39.2 Å². The molecule has 1 aliphatic rings. The highest BCUT2D eigenvalue weighted by atomic mass is 16.8. The summed E-state index contributed by atoms with van der Waals surface area (Å²) in [5.41, 5.74) is -1.23. The highest BCUT2D eigenvalue weighted by Gasteiger charge is 2.45. The average Bonchev–Trinajstić information content (AvgIpc) is 2.77. The number of esters is 1. The number of amides is 1. The van der Waals surface area contributed by atoms with Crippen LogP contribution in [0.4, 0.5) is 4.79 Å². The topological polar surface area (TPSA) is 114 Å². The number of hydrogen-bond donors (Lipinski definition) is 2. The second kappa shape index (κ2) is 11.3. The van der Waals surface area contributed by atoms with Crippen molar-refractivity contribution in [3.8, 4) is 0 Å². The summed E-state index contributed by atoms with van der Waals surface area (Å²) in [6.07, 6.45) is 2.38. The number of hydrogen-bond acceptors (Lipinski definition) is 8. The van der Waals surface area contributed by atoms with E-state index >= 15 is 0 Å². The number of hydroxylamine groups is 2. The van der Waals surface area contributed by atoms with Gasteiger partial charge in [-0.15, -0.1) is 5.06 Å². The molecule has 0 radical (unpaired) electrons. The van der Waals surface area contributed by atoms with Gasteiger partial charge in [0.2, 0.25) is 5.91 Å². The van der Waals surface area contributed by atoms with Crippen molar-refractivity contribution >= 4 is 18.0 Å². The van der Waals surface area contributed by atoms with Gasteiger partial charge >= 0.3 is 12.1 Å². The van der Waals surface area contributed by atoms with Gasteiger partial charge < -0.3 is 24.7 Å². The van der Waals surface area contributed by atoms with Gasteiger partial charge in [-0.1, -0.05) is 49.6 Å². The molecule has 0 bridgehead atoms. The molecule has 0 aromatic heterocycles. The first-order valence-corrected chi connectivity index (χ1v) is 10.8. The second-order valence-electron chi connectivity index (χ2n) is 8.93. The molecule has 2 rings (SSSR count). The molecule has 0 saturated heterocycles. The first kappa shape index (κ1) is 25.6. The van der Waals surface area contributed by atoms with E-state index in [4.69, 9.17) is 14.3 Å². The Morgan fingerprint density at radius 3 is 2.28 bits per heavy atom. The zero-order valence-electron chi connectivity index (χ0n) is 19.3. The standard InChI is InChI=1S/C23H34N2O7/c1-22(2,3)25(32-21(29)31-16-17-11-7-5-8-12-17)18(15-26)19(27)24-23(20(28)30-4)13-9-6-10-14-23/h5,7-8,11-12,18,26H,6,9-10,13-16H2,1-4H3,(H,24,27)/t18-/m1/s1. The predicted octanol–water partition coefficient (Wildman–Crippen LogP) is 2.71. The van der Waals surface area contributed by atoms with E-state index in [1.807, 2.05) is 18.2 Å². The normalized spacial score (nSPS) is 16.7. The lowest BCUT2D eigenvalue weighted by atomic mass is 9.81. The number of benzene rings is 1. The maximum atomic E-state index is 13.2. The maximum Gasteiger partial charge on any atom is 0.528 e. The molecular weight excluding hydrogens is 416 g/mol. The Labute approximate surface area is 189 Å². The van der Waals surface area contributed by atoms with Crippen LogP contribution in [-0.4, -0.2) is 59.0 Å². The molecule has 1 aromatic rings. The van der Waals surface area contributed by atoms with E-state index < -0.39 is 41.8 Å². The molecule has 1 saturated carbocycles. The minimum absolute atomic E-state index is 0.000897. The molecule has 0 unspecified atom stereocenters. The molecular formula is C23H34N2O7. The Balaban J connectivity index is 2.13. The maximum absolute atomic E-state index is 13.2. The van der Waals surface area contributed by atoms with Crippen LogP contribution in [0.5, 0.6) is 0 Å². The van der Waals surface area contributed by atoms with Crippen molar-refractivity contribution in [2.24, 2.45) is 0 Å². The first-order chi connectivity index (χ1) is 15.1. The van der Waals surface area contributed by atoms with Crippen molar-refractivity contribution in [2.45, 2.75) is 76.6 Å². The molecule has 1 aliphatic carbocycles. The fraction of sp³-hybridized carbons (Fsp3) is 0.609. The summed E-state index contributed by atoms with van der Waals surface area (Å²) in [6, 6.07) is 7.84. The monoisotopic (exact) mass is 450 g/mol. The minimum Gasteiger partial charge on any atom is -0.467 e. The quantitative estimate of drug-likeness (QED) is 0.459. The summed E-state index contributed by atoms with van der Waals surface area (Å²) < 4.78 is 10.1. The molecule has 0 heterocycles. The number of aliphatic hydroxyl groups excluding tert-OH is 1. The zero-order chi connectivity index (χ0) is 23.8. The summed E-state index contributed by atoms with van der Waals surface area (Å²) in [5, 5.41) is 13.9. The van der Waals surface area contributed by atoms with Crippen LogP contribution in [0.3, 0.4) is 0 Å². The van der Waals surface area contributed by atoms with E-state index in [9.17, 15) is 19.5 Å². The molecule has 1 amide bonds. The number of carbonyl (C=O) groups is 3. The van der Waals surface area contributed by atoms with Crippen LogP contribution in [0.2, 0.25) is 0 Å². The average molecular weight is 451 g/mol. The molecule has 2 N–H and O–H groups in total. The summed E-state index contributed by atoms with van der Waals surface area (Å²) in [7, 11) is 1.28. The van der Waals surface area contributed by atoms with Gasteiger partial charge in [0, 0.05) is 5.54 Å². The molecule has 1 fully saturated rings. The van der Waals surface area contributed by atoms with Crippen LogP contribution < -0.4 is 5.32 Å². The predicted molar refractivity (Wildman–Crippen MR) is 116 cm³/mol. The van der Waals surface area contributed by atoms with E-state index in [0.717, 1.165) is 29.9 Å². The first-order valence-electron chi connectivity index (χ1n) is 10.8. The van der Waals surface area contributed by atoms with E-state index in [1.54, 1.807) is 32.9 Å². The molecule has 1 atom stereocenters. The summed E-state index contributed by atoms with van der Waals surface area (Å²) in [5.74, 6) is -1.15. The molecule has 32 heavy (non-hydrogen) atoms. The summed E-state index contributed by atoms with van der Waals surface area (Å²) in [4.78, 5) is 43.4. The van der Waals surface area contributed by atoms with E-state index in [2.05, 4.69) is 5.32 Å². The van der Waals surface area contributed by atoms with Crippen molar-refractivity contribution in [2.75, 3.05) is 13.7 Å². The molecule has 1 aromatic carbocycles. The number of methoxy groups -OCH3 is 1.